The number of likely N-dealkylation sites (tertiary alicyclic amines) is 1. The molecule has 3 rings (SSSR count). The number of aliphatic hydroxyl groups excluding tert-OH is 2. The number of hydrogen-bond donors (Lipinski definition) is 2. The van der Waals surface area contributed by atoms with E-state index >= 15 is 0 Å². The fourth-order valence-electron chi connectivity index (χ4n) is 3.22. The second-order valence-electron chi connectivity index (χ2n) is 6.52. The van der Waals surface area contributed by atoms with Gasteiger partial charge in [0, 0.05) is 13.1 Å². The normalized spacial score (nSPS) is 21.4. The molecule has 3 unspecified atom stereocenters. The van der Waals surface area contributed by atoms with Crippen LogP contribution < -0.4 is 4.74 Å². The standard InChI is InChI=1S/C19H25NO3/c1-14(21)17-8-9-20(11-17)12-18(22)13-23-19-7-6-15-4-2-3-5-16(15)10-19/h2-7,10,14,17-18,21-22H,8-9,11-13H2,1H3. The van der Waals surface area contributed by atoms with E-state index in [1.54, 1.807) is 0 Å². The molecule has 0 aliphatic carbocycles. The van der Waals surface area contributed by atoms with Gasteiger partial charge in [0.25, 0.3) is 0 Å². The summed E-state index contributed by atoms with van der Waals surface area (Å²) in [7, 11) is 0. The van der Waals surface area contributed by atoms with Crippen LogP contribution in [0.3, 0.4) is 0 Å². The molecule has 23 heavy (non-hydrogen) atoms. The summed E-state index contributed by atoms with van der Waals surface area (Å²) in [5.74, 6) is 1.11. The van der Waals surface area contributed by atoms with Crippen LogP contribution in [0.15, 0.2) is 42.5 Å². The van der Waals surface area contributed by atoms with Crippen LogP contribution in [0, 0.1) is 5.92 Å². The molecule has 0 bridgehead atoms. The number of ether oxygens (including phenoxy) is 1. The number of nitrogens with zero attached hydrogens (tertiary/aromatic N) is 1. The van der Waals surface area contributed by atoms with Gasteiger partial charge in [-0.3, -0.25) is 0 Å². The van der Waals surface area contributed by atoms with Crippen LogP contribution in [0.25, 0.3) is 10.8 Å². The first kappa shape index (κ1) is 16.2. The average molecular weight is 315 g/mol. The van der Waals surface area contributed by atoms with Crippen LogP contribution >= 0.6 is 0 Å². The van der Waals surface area contributed by atoms with E-state index in [4.69, 9.17) is 4.74 Å². The maximum atomic E-state index is 10.2. The Bertz CT molecular complexity index is 643. The van der Waals surface area contributed by atoms with Crippen molar-refractivity contribution in [3.63, 3.8) is 0 Å². The van der Waals surface area contributed by atoms with Crippen molar-refractivity contribution in [3.8, 4) is 5.75 Å². The minimum atomic E-state index is -0.519. The van der Waals surface area contributed by atoms with Gasteiger partial charge >= 0.3 is 0 Å². The molecule has 4 heteroatoms. The topological polar surface area (TPSA) is 52.9 Å². The van der Waals surface area contributed by atoms with Crippen molar-refractivity contribution >= 4 is 10.8 Å². The van der Waals surface area contributed by atoms with Gasteiger partial charge in [-0.15, -0.1) is 0 Å². The first-order valence-electron chi connectivity index (χ1n) is 8.32. The van der Waals surface area contributed by atoms with E-state index in [1.807, 2.05) is 37.3 Å². The van der Waals surface area contributed by atoms with Gasteiger partial charge in [0.2, 0.25) is 0 Å². The lowest BCUT2D eigenvalue weighted by Gasteiger charge is -2.21. The quantitative estimate of drug-likeness (QED) is 0.859. The van der Waals surface area contributed by atoms with Crippen molar-refractivity contribution in [1.29, 1.82) is 0 Å². The Hall–Kier alpha value is -1.62. The average Bonchev–Trinajstić information content (AvgIpc) is 3.01. The summed E-state index contributed by atoms with van der Waals surface area (Å²) in [4.78, 5) is 2.20. The smallest absolute Gasteiger partial charge is 0.120 e. The minimum Gasteiger partial charge on any atom is -0.491 e. The Balaban J connectivity index is 1.49. The Morgan fingerprint density at radius 1 is 1.17 bits per heavy atom. The van der Waals surface area contributed by atoms with Crippen molar-refractivity contribution in [3.05, 3.63) is 42.5 Å². The molecule has 0 radical (unpaired) electrons. The largest absolute Gasteiger partial charge is 0.491 e. The van der Waals surface area contributed by atoms with Gasteiger partial charge in [0.05, 0.1) is 6.10 Å². The van der Waals surface area contributed by atoms with Crippen molar-refractivity contribution in [2.75, 3.05) is 26.2 Å². The van der Waals surface area contributed by atoms with Gasteiger partial charge in [-0.05, 0) is 48.7 Å². The molecule has 3 atom stereocenters. The minimum absolute atomic E-state index is 0.272. The maximum absolute atomic E-state index is 10.2. The van der Waals surface area contributed by atoms with Crippen LogP contribution in [0.1, 0.15) is 13.3 Å². The van der Waals surface area contributed by atoms with Crippen molar-refractivity contribution in [2.24, 2.45) is 5.92 Å². The lowest BCUT2D eigenvalue weighted by atomic mass is 10.0. The van der Waals surface area contributed by atoms with E-state index in [9.17, 15) is 10.2 Å². The number of aliphatic hydroxyl groups is 2. The predicted octanol–water partition coefficient (Wildman–Crippen LogP) is 2.28. The molecule has 1 heterocycles. The lowest BCUT2D eigenvalue weighted by Crippen LogP contribution is -2.35. The molecular formula is C19H25NO3. The van der Waals surface area contributed by atoms with Crippen molar-refractivity contribution in [2.45, 2.75) is 25.6 Å². The summed E-state index contributed by atoms with van der Waals surface area (Å²) in [6, 6.07) is 14.1. The van der Waals surface area contributed by atoms with Crippen LogP contribution in [0.4, 0.5) is 0 Å². The zero-order valence-electron chi connectivity index (χ0n) is 13.6. The van der Waals surface area contributed by atoms with Crippen LogP contribution in [0.2, 0.25) is 0 Å². The highest BCUT2D eigenvalue weighted by atomic mass is 16.5. The third-order valence-corrected chi connectivity index (χ3v) is 4.62. The highest BCUT2D eigenvalue weighted by molar-refractivity contribution is 5.83. The maximum Gasteiger partial charge on any atom is 0.120 e. The van der Waals surface area contributed by atoms with Crippen LogP contribution in [0.5, 0.6) is 5.75 Å². The van der Waals surface area contributed by atoms with E-state index in [-0.39, 0.29) is 12.7 Å². The van der Waals surface area contributed by atoms with Gasteiger partial charge < -0.3 is 19.8 Å². The SMILES string of the molecule is CC(O)C1CCN(CC(O)COc2ccc3ccccc3c2)C1. The molecule has 1 aliphatic rings. The molecular weight excluding hydrogens is 290 g/mol. The molecule has 2 aromatic rings. The Kier molecular flexibility index (Phi) is 5.16. The molecule has 1 fully saturated rings. The van der Waals surface area contributed by atoms with Crippen LogP contribution in [-0.2, 0) is 0 Å². The third-order valence-electron chi connectivity index (χ3n) is 4.62. The van der Waals surface area contributed by atoms with E-state index < -0.39 is 6.10 Å². The summed E-state index contributed by atoms with van der Waals surface area (Å²) in [5.41, 5.74) is 0. The number of benzene rings is 2. The molecule has 0 saturated carbocycles. The van der Waals surface area contributed by atoms with E-state index in [0.29, 0.717) is 12.5 Å². The van der Waals surface area contributed by atoms with Crippen LogP contribution in [-0.4, -0.2) is 53.6 Å². The summed E-state index contributed by atoms with van der Waals surface area (Å²) >= 11 is 0. The molecule has 0 amide bonds. The molecule has 1 saturated heterocycles. The van der Waals surface area contributed by atoms with Gasteiger partial charge in [0.15, 0.2) is 0 Å². The predicted molar refractivity (Wildman–Crippen MR) is 91.7 cm³/mol. The number of hydrogen-bond acceptors (Lipinski definition) is 4. The number of β-amino-alcohol motifs (C(OH)–C–C–N with tert-alkyl or cyclic N) is 1. The van der Waals surface area contributed by atoms with E-state index in [2.05, 4.69) is 17.0 Å². The van der Waals surface area contributed by atoms with Gasteiger partial charge in [-0.25, -0.2) is 0 Å². The van der Waals surface area contributed by atoms with E-state index in [0.717, 1.165) is 30.6 Å². The highest BCUT2D eigenvalue weighted by Crippen LogP contribution is 2.22. The molecule has 0 aromatic heterocycles. The molecule has 124 valence electrons. The van der Waals surface area contributed by atoms with Gasteiger partial charge in [-0.1, -0.05) is 30.3 Å². The van der Waals surface area contributed by atoms with Crippen molar-refractivity contribution < 1.29 is 14.9 Å². The van der Waals surface area contributed by atoms with Gasteiger partial charge in [-0.2, -0.15) is 0 Å². The zero-order valence-corrected chi connectivity index (χ0v) is 13.6. The summed E-state index contributed by atoms with van der Waals surface area (Å²) in [6.45, 7) is 4.51. The summed E-state index contributed by atoms with van der Waals surface area (Å²) in [5, 5.41) is 22.1. The lowest BCUT2D eigenvalue weighted by molar-refractivity contribution is 0.0697. The second kappa shape index (κ2) is 7.30. The summed E-state index contributed by atoms with van der Waals surface area (Å²) in [6.07, 6.45) is 0.204. The van der Waals surface area contributed by atoms with Crippen molar-refractivity contribution in [1.82, 2.24) is 4.90 Å². The van der Waals surface area contributed by atoms with Gasteiger partial charge in [0.1, 0.15) is 18.5 Å². The highest BCUT2D eigenvalue weighted by Gasteiger charge is 2.27. The summed E-state index contributed by atoms with van der Waals surface area (Å²) < 4.78 is 5.73. The number of rotatable bonds is 6. The number of fused-ring (bicyclic) bond motifs is 1. The monoisotopic (exact) mass is 315 g/mol. The molecule has 2 N–H and O–H groups in total. The third kappa shape index (κ3) is 4.22. The van der Waals surface area contributed by atoms with E-state index in [1.165, 1.54) is 5.39 Å². The first-order valence-corrected chi connectivity index (χ1v) is 8.32. The fourth-order valence-corrected chi connectivity index (χ4v) is 3.22. The molecule has 4 nitrogen and oxygen atoms in total. The molecule has 1 aliphatic heterocycles. The Morgan fingerprint density at radius 2 is 1.96 bits per heavy atom. The second-order valence-corrected chi connectivity index (χ2v) is 6.52. The Morgan fingerprint density at radius 3 is 2.70 bits per heavy atom. The first-order chi connectivity index (χ1) is 11.1. The molecule has 0 spiro atoms. The Labute approximate surface area is 137 Å². The fraction of sp³-hybridized carbons (Fsp3) is 0.474. The zero-order chi connectivity index (χ0) is 16.2. The molecule has 2 aromatic carbocycles.